The molecule has 1 heterocycles. The number of amides is 5. The summed E-state index contributed by atoms with van der Waals surface area (Å²) < 4.78 is 2.23. The summed E-state index contributed by atoms with van der Waals surface area (Å²) in [4.78, 5) is 67.5. The van der Waals surface area contributed by atoms with Crippen LogP contribution in [0.15, 0.2) is 0 Å². The normalized spacial score (nSPS) is 24.4. The van der Waals surface area contributed by atoms with E-state index in [0.717, 1.165) is 64.2 Å². The van der Waals surface area contributed by atoms with E-state index < -0.39 is 58.3 Å². The van der Waals surface area contributed by atoms with Crippen LogP contribution in [0.1, 0.15) is 124 Å². The molecule has 0 bridgehead atoms. The predicted octanol–water partition coefficient (Wildman–Crippen LogP) is 3.48. The first kappa shape index (κ1) is 35.1. The first-order valence-corrected chi connectivity index (χ1v) is 17.1. The highest BCUT2D eigenvalue weighted by Gasteiger charge is 2.48. The molecule has 3 aliphatic carbocycles. The van der Waals surface area contributed by atoms with Crippen molar-refractivity contribution in [3.8, 4) is 0 Å². The van der Waals surface area contributed by atoms with E-state index in [1.54, 1.807) is 4.90 Å². The quantitative estimate of drug-likeness (QED) is 0.0951. The number of primary amides is 1. The van der Waals surface area contributed by atoms with Gasteiger partial charge in [-0.25, -0.2) is 9.31 Å². The van der Waals surface area contributed by atoms with Crippen LogP contribution >= 0.6 is 0 Å². The summed E-state index contributed by atoms with van der Waals surface area (Å²) in [7, 11) is 0. The van der Waals surface area contributed by atoms with E-state index in [-0.39, 0.29) is 18.4 Å². The third-order valence-electron chi connectivity index (χ3n) is 10.5. The molecule has 5 amide bonds. The van der Waals surface area contributed by atoms with E-state index in [4.69, 9.17) is 5.73 Å². The molecule has 1 aliphatic heterocycles. The smallest absolute Gasteiger partial charge is 0.316 e. The molecule has 12 nitrogen and oxygen atoms in total. The summed E-state index contributed by atoms with van der Waals surface area (Å²) >= 11 is 0. The first-order valence-electron chi connectivity index (χ1n) is 17.1. The highest BCUT2D eigenvalue weighted by molar-refractivity contribution is 6.37. The number of ketones is 1. The van der Waals surface area contributed by atoms with E-state index in [1.807, 2.05) is 27.7 Å². The van der Waals surface area contributed by atoms with Crippen LogP contribution in [-0.2, 0) is 23.7 Å². The fourth-order valence-electron chi connectivity index (χ4n) is 7.43. The fraction of sp³-hybridized carbons (Fsp3) is 0.848. The van der Waals surface area contributed by atoms with Gasteiger partial charge in [0.05, 0.1) is 6.04 Å². The number of hydrogen-bond donors (Lipinski definition) is 5. The number of nitrogens with zero attached hydrogens (tertiary/aromatic N) is 1. The van der Waals surface area contributed by atoms with Crippen molar-refractivity contribution in [3.05, 3.63) is 0 Å². The van der Waals surface area contributed by atoms with Gasteiger partial charge in [-0.1, -0.05) is 58.3 Å². The highest BCUT2D eigenvalue weighted by Crippen LogP contribution is 2.41. The molecule has 4 fully saturated rings. The van der Waals surface area contributed by atoms with Crippen molar-refractivity contribution in [2.75, 3.05) is 13.2 Å². The van der Waals surface area contributed by atoms with Crippen LogP contribution in [0.4, 0.5) is 4.79 Å². The molecule has 254 valence electrons. The lowest BCUT2D eigenvalue weighted by molar-refractivity contribution is -0.489. The Balaban J connectivity index is 1.52. The van der Waals surface area contributed by atoms with Crippen molar-refractivity contribution in [1.82, 2.24) is 20.9 Å². The average Bonchev–Trinajstić information content (AvgIpc) is 3.65. The lowest BCUT2D eigenvalue weighted by Crippen LogP contribution is -2.64. The standard InChI is InChI=1S/C33H55N5O7/c1-31(2,3)45(44)21-33(17-9-6-10-18-33)37-30(43)36-26(32(4)15-7-5-8-16-32)29(42)38-19-11-12-24(38)28(41)35-23(20-22-13-14-22)25(39)27(34)40/h22-24,26,44H,5-21H2,1-4H3,(H4-,34,35,36,37,40,41,43)/p+1. The minimum absolute atomic E-state index is 0.195. The molecule has 0 aromatic carbocycles. The number of carbonyl (C=O) groups excluding carboxylic acids is 5. The van der Waals surface area contributed by atoms with E-state index in [2.05, 4.69) is 20.5 Å². The molecule has 45 heavy (non-hydrogen) atoms. The van der Waals surface area contributed by atoms with Crippen molar-refractivity contribution < 1.29 is 33.7 Å². The van der Waals surface area contributed by atoms with Crippen LogP contribution in [0, 0.1) is 11.3 Å². The van der Waals surface area contributed by atoms with E-state index in [9.17, 15) is 29.2 Å². The first-order chi connectivity index (χ1) is 21.1. The van der Waals surface area contributed by atoms with E-state index in [1.165, 1.54) is 0 Å². The molecule has 4 aliphatic rings. The molecule has 1 saturated heterocycles. The summed E-state index contributed by atoms with van der Waals surface area (Å²) in [5.74, 6) is -2.41. The molecule has 0 spiro atoms. The lowest BCUT2D eigenvalue weighted by atomic mass is 9.70. The van der Waals surface area contributed by atoms with Crippen molar-refractivity contribution >= 4 is 29.5 Å². The number of carbonyl (C=O) groups is 5. The highest BCUT2D eigenvalue weighted by atomic mass is 17.2. The van der Waals surface area contributed by atoms with Gasteiger partial charge >= 0.3 is 6.03 Å². The van der Waals surface area contributed by atoms with Crippen LogP contribution in [-0.4, -0.2) is 82.1 Å². The number of nitrogens with two attached hydrogens (primary N) is 1. The summed E-state index contributed by atoms with van der Waals surface area (Å²) in [5, 5.41) is 19.7. The van der Waals surface area contributed by atoms with Crippen molar-refractivity contribution in [3.63, 3.8) is 0 Å². The molecule has 0 aromatic rings. The number of urea groups is 1. The monoisotopic (exact) mass is 634 g/mol. The number of likely N-dealkylation sites (tertiary alicyclic amines) is 1. The van der Waals surface area contributed by atoms with Crippen LogP contribution in [0.3, 0.4) is 0 Å². The third-order valence-corrected chi connectivity index (χ3v) is 10.5. The second kappa shape index (κ2) is 14.4. The summed E-state index contributed by atoms with van der Waals surface area (Å²) in [6, 6.07) is -3.13. The molecular weight excluding hydrogens is 578 g/mol. The minimum Gasteiger partial charge on any atom is -0.363 e. The Labute approximate surface area is 267 Å². The second-order valence-electron chi connectivity index (χ2n) is 15.4. The van der Waals surface area contributed by atoms with Gasteiger partial charge in [0.1, 0.15) is 17.6 Å². The maximum absolute atomic E-state index is 14.4. The van der Waals surface area contributed by atoms with Crippen molar-refractivity contribution in [2.24, 2.45) is 17.1 Å². The largest absolute Gasteiger partial charge is 0.363 e. The average molecular weight is 635 g/mol. The Kier molecular flexibility index (Phi) is 11.2. The Bertz CT molecular complexity index is 1110. The van der Waals surface area contributed by atoms with Crippen LogP contribution in [0.2, 0.25) is 0 Å². The van der Waals surface area contributed by atoms with Gasteiger partial charge < -0.3 is 26.6 Å². The molecular formula is C33H56N5O7+. The summed E-state index contributed by atoms with van der Waals surface area (Å²) in [6.07, 6.45) is 12.0. The van der Waals surface area contributed by atoms with E-state index in [0.29, 0.717) is 38.6 Å². The number of hydrogen-bond acceptors (Lipinski definition) is 6. The maximum Gasteiger partial charge on any atom is 0.316 e. The number of rotatable bonds is 12. The SMILES string of the molecule is CC1(C(NC(=O)NC2(C[O+](O)C(C)(C)C)CCCCC2)C(=O)N2CCCC2C(=O)NC(CC2CC2)C(=O)C(N)=O)CCCCC1. The van der Waals surface area contributed by atoms with E-state index >= 15 is 0 Å². The Morgan fingerprint density at radius 1 is 0.911 bits per heavy atom. The van der Waals surface area contributed by atoms with Gasteiger partial charge in [0.25, 0.3) is 5.91 Å². The Hall–Kier alpha value is -2.73. The molecule has 3 atom stereocenters. The van der Waals surface area contributed by atoms with Gasteiger partial charge in [-0.3, -0.25) is 19.2 Å². The maximum atomic E-state index is 14.4. The number of nitrogens with one attached hydrogen (secondary N) is 3. The second-order valence-corrected chi connectivity index (χ2v) is 15.4. The number of Topliss-reactive ketones (excluding diaryl/α,β-unsaturated/α-hetero) is 1. The zero-order valence-electron chi connectivity index (χ0n) is 27.8. The van der Waals surface area contributed by atoms with Gasteiger partial charge in [0.15, 0.2) is 5.60 Å². The Morgan fingerprint density at radius 3 is 2.07 bits per heavy atom. The van der Waals surface area contributed by atoms with Gasteiger partial charge in [-0.2, -0.15) is 0 Å². The molecule has 0 aromatic heterocycles. The zero-order chi connectivity index (χ0) is 33.0. The minimum atomic E-state index is -1.08. The third kappa shape index (κ3) is 8.96. The molecule has 3 saturated carbocycles. The zero-order valence-corrected chi connectivity index (χ0v) is 27.8. The van der Waals surface area contributed by atoms with Crippen molar-refractivity contribution in [1.29, 1.82) is 0 Å². The van der Waals surface area contributed by atoms with Gasteiger partial charge in [0.2, 0.25) is 24.2 Å². The van der Waals surface area contributed by atoms with Gasteiger partial charge in [0, 0.05) is 27.3 Å². The topological polar surface area (TPSA) is 174 Å². The molecule has 0 radical (unpaired) electrons. The summed E-state index contributed by atoms with van der Waals surface area (Å²) in [6.45, 7) is 8.24. The summed E-state index contributed by atoms with van der Waals surface area (Å²) in [5.41, 5.74) is 3.52. The van der Waals surface area contributed by atoms with Crippen LogP contribution < -0.4 is 21.7 Å². The molecule has 3 unspecified atom stereocenters. The van der Waals surface area contributed by atoms with Crippen LogP contribution in [0.5, 0.6) is 0 Å². The lowest BCUT2D eigenvalue weighted by Gasteiger charge is -2.43. The fourth-order valence-corrected chi connectivity index (χ4v) is 7.43. The molecule has 4 rings (SSSR count). The van der Waals surface area contributed by atoms with Gasteiger partial charge in [-0.15, -0.1) is 5.26 Å². The predicted molar refractivity (Wildman–Crippen MR) is 169 cm³/mol. The van der Waals surface area contributed by atoms with Crippen LogP contribution in [0.25, 0.3) is 0 Å². The molecule has 12 heteroatoms. The van der Waals surface area contributed by atoms with Gasteiger partial charge in [-0.05, 0) is 56.3 Å². The Morgan fingerprint density at radius 2 is 1.51 bits per heavy atom. The van der Waals surface area contributed by atoms with Crippen molar-refractivity contribution in [2.45, 2.75) is 153 Å². The molecule has 6 N–H and O–H groups in total.